The van der Waals surface area contributed by atoms with Crippen LogP contribution in [0.2, 0.25) is 5.02 Å². The molecule has 2 rings (SSSR count). The van der Waals surface area contributed by atoms with Gasteiger partial charge in [-0.3, -0.25) is 4.79 Å². The maximum absolute atomic E-state index is 12.9. The first-order valence-electron chi connectivity index (χ1n) is 6.73. The standard InChI is InChI=1S/C16H13ClF3NO3/c1-23-11-3-5-12(6-4-11)24-9-15(22)21-14-7-2-10(17)8-13(14)16(18,19)20/h2-8H,9H2,1H3,(H,21,22). The van der Waals surface area contributed by atoms with Crippen molar-refractivity contribution in [3.05, 3.63) is 53.1 Å². The van der Waals surface area contributed by atoms with Crippen molar-refractivity contribution in [2.24, 2.45) is 0 Å². The molecule has 0 atom stereocenters. The summed E-state index contributed by atoms with van der Waals surface area (Å²) in [7, 11) is 1.51. The molecule has 0 heterocycles. The Morgan fingerprint density at radius 2 is 1.75 bits per heavy atom. The number of amides is 1. The van der Waals surface area contributed by atoms with Gasteiger partial charge in [-0.2, -0.15) is 13.2 Å². The van der Waals surface area contributed by atoms with Crippen molar-refractivity contribution in [1.29, 1.82) is 0 Å². The minimum Gasteiger partial charge on any atom is -0.497 e. The monoisotopic (exact) mass is 359 g/mol. The van der Waals surface area contributed by atoms with Gasteiger partial charge >= 0.3 is 6.18 Å². The van der Waals surface area contributed by atoms with Crippen molar-refractivity contribution in [2.75, 3.05) is 19.0 Å². The number of hydrogen-bond donors (Lipinski definition) is 1. The molecule has 0 spiro atoms. The van der Waals surface area contributed by atoms with Crippen molar-refractivity contribution in [3.63, 3.8) is 0 Å². The van der Waals surface area contributed by atoms with E-state index in [2.05, 4.69) is 5.32 Å². The minimum atomic E-state index is -4.63. The van der Waals surface area contributed by atoms with E-state index in [1.54, 1.807) is 24.3 Å². The van der Waals surface area contributed by atoms with Crippen LogP contribution in [-0.2, 0) is 11.0 Å². The van der Waals surface area contributed by atoms with E-state index >= 15 is 0 Å². The van der Waals surface area contributed by atoms with E-state index in [9.17, 15) is 18.0 Å². The van der Waals surface area contributed by atoms with Crippen molar-refractivity contribution >= 4 is 23.2 Å². The average Bonchev–Trinajstić information content (AvgIpc) is 2.54. The molecular weight excluding hydrogens is 347 g/mol. The Balaban J connectivity index is 2.02. The number of anilines is 1. The van der Waals surface area contributed by atoms with Crippen LogP contribution in [0.1, 0.15) is 5.56 Å². The third kappa shape index (κ3) is 4.79. The van der Waals surface area contributed by atoms with Gasteiger partial charge in [0.25, 0.3) is 5.91 Å². The van der Waals surface area contributed by atoms with Gasteiger partial charge in [0.2, 0.25) is 0 Å². The van der Waals surface area contributed by atoms with Crippen molar-refractivity contribution in [3.8, 4) is 11.5 Å². The summed E-state index contributed by atoms with van der Waals surface area (Å²) in [4.78, 5) is 11.8. The van der Waals surface area contributed by atoms with Crippen LogP contribution in [0, 0.1) is 0 Å². The largest absolute Gasteiger partial charge is 0.497 e. The highest BCUT2D eigenvalue weighted by molar-refractivity contribution is 6.30. The summed E-state index contributed by atoms with van der Waals surface area (Å²) >= 11 is 5.58. The highest BCUT2D eigenvalue weighted by Crippen LogP contribution is 2.36. The van der Waals surface area contributed by atoms with Gasteiger partial charge in [-0.25, -0.2) is 0 Å². The Hall–Kier alpha value is -2.41. The number of nitrogens with one attached hydrogen (secondary N) is 1. The average molecular weight is 360 g/mol. The molecule has 0 unspecified atom stereocenters. The molecule has 0 radical (unpaired) electrons. The lowest BCUT2D eigenvalue weighted by molar-refractivity contribution is -0.137. The second-order valence-corrected chi connectivity index (χ2v) is 5.14. The van der Waals surface area contributed by atoms with Crippen LogP contribution < -0.4 is 14.8 Å². The zero-order valence-electron chi connectivity index (χ0n) is 12.5. The van der Waals surface area contributed by atoms with E-state index < -0.39 is 24.3 Å². The van der Waals surface area contributed by atoms with Gasteiger partial charge in [-0.05, 0) is 42.5 Å². The first-order chi connectivity index (χ1) is 11.3. The van der Waals surface area contributed by atoms with Crippen LogP contribution in [-0.4, -0.2) is 19.6 Å². The van der Waals surface area contributed by atoms with E-state index in [1.165, 1.54) is 13.2 Å². The van der Waals surface area contributed by atoms with Crippen LogP contribution in [0.25, 0.3) is 0 Å². The van der Waals surface area contributed by atoms with Crippen LogP contribution in [0.3, 0.4) is 0 Å². The smallest absolute Gasteiger partial charge is 0.418 e. The molecule has 0 aliphatic carbocycles. The van der Waals surface area contributed by atoms with Gasteiger partial charge in [0.1, 0.15) is 11.5 Å². The molecule has 1 amide bonds. The summed E-state index contributed by atoms with van der Waals surface area (Å²) in [6, 6.07) is 9.53. The zero-order valence-corrected chi connectivity index (χ0v) is 13.2. The maximum atomic E-state index is 12.9. The summed E-state index contributed by atoms with van der Waals surface area (Å²) < 4.78 is 49.0. The highest BCUT2D eigenvalue weighted by Gasteiger charge is 2.34. The number of ether oxygens (including phenoxy) is 2. The fraction of sp³-hybridized carbons (Fsp3) is 0.188. The van der Waals surface area contributed by atoms with Gasteiger partial charge in [0.05, 0.1) is 18.4 Å². The van der Waals surface area contributed by atoms with Gasteiger partial charge in [0.15, 0.2) is 6.61 Å². The Labute approximate surface area is 141 Å². The Morgan fingerprint density at radius 1 is 1.12 bits per heavy atom. The van der Waals surface area contributed by atoms with Crippen molar-refractivity contribution in [1.82, 2.24) is 0 Å². The van der Waals surface area contributed by atoms with E-state index in [0.717, 1.165) is 12.1 Å². The second kappa shape index (κ2) is 7.44. The van der Waals surface area contributed by atoms with Crippen molar-refractivity contribution in [2.45, 2.75) is 6.18 Å². The van der Waals surface area contributed by atoms with Gasteiger partial charge in [-0.1, -0.05) is 11.6 Å². The second-order valence-electron chi connectivity index (χ2n) is 4.70. The predicted molar refractivity (Wildman–Crippen MR) is 83.6 cm³/mol. The molecule has 4 nitrogen and oxygen atoms in total. The zero-order chi connectivity index (χ0) is 17.7. The summed E-state index contributed by atoms with van der Waals surface area (Å²) in [5.41, 5.74) is -1.40. The number of rotatable bonds is 5. The van der Waals surface area contributed by atoms with Crippen LogP contribution >= 0.6 is 11.6 Å². The molecule has 0 fully saturated rings. The molecule has 0 saturated heterocycles. The molecule has 24 heavy (non-hydrogen) atoms. The Kier molecular flexibility index (Phi) is 5.56. The van der Waals surface area contributed by atoms with Gasteiger partial charge in [-0.15, -0.1) is 0 Å². The summed E-state index contributed by atoms with van der Waals surface area (Å²) in [6.07, 6.45) is -4.63. The number of benzene rings is 2. The molecule has 1 N–H and O–H groups in total. The molecule has 8 heteroatoms. The normalized spacial score (nSPS) is 11.0. The van der Waals surface area contributed by atoms with Crippen molar-refractivity contribution < 1.29 is 27.4 Å². The predicted octanol–water partition coefficient (Wildman–Crippen LogP) is 4.38. The highest BCUT2D eigenvalue weighted by atomic mass is 35.5. The summed E-state index contributed by atoms with van der Waals surface area (Å²) in [6.45, 7) is -0.438. The number of halogens is 4. The lowest BCUT2D eigenvalue weighted by Gasteiger charge is -2.14. The fourth-order valence-electron chi connectivity index (χ4n) is 1.87. The first-order valence-corrected chi connectivity index (χ1v) is 7.11. The molecule has 0 bridgehead atoms. The number of carbonyl (C=O) groups is 1. The van der Waals surface area contributed by atoms with Crippen LogP contribution in [0.4, 0.5) is 18.9 Å². The number of carbonyl (C=O) groups excluding carboxylic acids is 1. The van der Waals surface area contributed by atoms with E-state index in [1.807, 2.05) is 0 Å². The summed E-state index contributed by atoms with van der Waals surface area (Å²) in [5, 5.41) is 2.10. The number of hydrogen-bond acceptors (Lipinski definition) is 3. The number of alkyl halides is 3. The van der Waals surface area contributed by atoms with Gasteiger partial charge < -0.3 is 14.8 Å². The third-order valence-corrected chi connectivity index (χ3v) is 3.23. The molecule has 2 aromatic rings. The molecule has 0 saturated carbocycles. The minimum absolute atomic E-state index is 0.0743. The molecule has 0 aromatic heterocycles. The number of methoxy groups -OCH3 is 1. The Morgan fingerprint density at radius 3 is 2.33 bits per heavy atom. The lowest BCUT2D eigenvalue weighted by atomic mass is 10.1. The van der Waals surface area contributed by atoms with E-state index in [4.69, 9.17) is 21.1 Å². The fourth-order valence-corrected chi connectivity index (χ4v) is 2.04. The topological polar surface area (TPSA) is 47.6 Å². The third-order valence-electron chi connectivity index (χ3n) is 2.99. The Bertz CT molecular complexity index is 717. The van der Waals surface area contributed by atoms with E-state index in [-0.39, 0.29) is 10.7 Å². The first kappa shape index (κ1) is 17.9. The molecule has 2 aromatic carbocycles. The van der Waals surface area contributed by atoms with Crippen LogP contribution in [0.15, 0.2) is 42.5 Å². The molecule has 0 aliphatic rings. The quantitative estimate of drug-likeness (QED) is 0.861. The summed E-state index contributed by atoms with van der Waals surface area (Å²) in [5.74, 6) is 0.277. The molecule has 128 valence electrons. The molecular formula is C16H13ClF3NO3. The maximum Gasteiger partial charge on any atom is 0.418 e. The SMILES string of the molecule is COc1ccc(OCC(=O)Nc2ccc(Cl)cc2C(F)(F)F)cc1. The molecule has 0 aliphatic heterocycles. The van der Waals surface area contributed by atoms with Gasteiger partial charge in [0, 0.05) is 5.02 Å². The van der Waals surface area contributed by atoms with Crippen LogP contribution in [0.5, 0.6) is 11.5 Å². The lowest BCUT2D eigenvalue weighted by Crippen LogP contribution is -2.22. The van der Waals surface area contributed by atoms with E-state index in [0.29, 0.717) is 11.5 Å².